The van der Waals surface area contributed by atoms with Crippen LogP contribution in [-0.2, 0) is 57.6 Å². The Labute approximate surface area is 475 Å². The van der Waals surface area contributed by atoms with Gasteiger partial charge >= 0.3 is 17.9 Å². The van der Waals surface area contributed by atoms with E-state index in [0.29, 0.717) is 57.7 Å². The van der Waals surface area contributed by atoms with E-state index in [0.717, 1.165) is 53.1 Å². The molecule has 0 saturated heterocycles. The summed E-state index contributed by atoms with van der Waals surface area (Å²) < 4.78 is 94.4. The number of hydrogen-bond acceptors (Lipinski definition) is 15. The predicted octanol–water partition coefficient (Wildman–Crippen LogP) is 9.24. The summed E-state index contributed by atoms with van der Waals surface area (Å²) in [6, 6.07) is 11.2. The van der Waals surface area contributed by atoms with Gasteiger partial charge in [0.1, 0.15) is 19.2 Å². The van der Waals surface area contributed by atoms with Crippen molar-refractivity contribution < 1.29 is 73.8 Å². The number of anilines is 1. The fourth-order valence-corrected chi connectivity index (χ4v) is 8.71. The number of ketones is 1. The molecule has 6 rings (SSSR count). The summed E-state index contributed by atoms with van der Waals surface area (Å²) in [5.41, 5.74) is 1.82. The minimum Gasteiger partial charge on any atom is -0.778 e. The molecule has 0 radical (unpaired) electrons. The number of hydrogen-bond donors (Lipinski definition) is 3. The van der Waals surface area contributed by atoms with Crippen LogP contribution in [0.25, 0.3) is 5.69 Å². The Balaban J connectivity index is 0.000000364. The van der Waals surface area contributed by atoms with Crippen molar-refractivity contribution in [3.05, 3.63) is 115 Å². The second kappa shape index (κ2) is 30.9. The van der Waals surface area contributed by atoms with Crippen LogP contribution >= 0.6 is 42.4 Å². The summed E-state index contributed by atoms with van der Waals surface area (Å²) in [6.07, 6.45) is 5.54. The zero-order valence-electron chi connectivity index (χ0n) is 46.0. The number of para-hydroxylation sites is 1. The van der Waals surface area contributed by atoms with Crippen molar-refractivity contribution in [2.24, 2.45) is 0 Å². The molecular weight excluding hydrogens is 1170 g/mol. The van der Waals surface area contributed by atoms with Crippen LogP contribution in [0, 0.1) is 6.92 Å². The smallest absolute Gasteiger partial charge is 0.442 e. The topological polar surface area (TPSA) is 274 Å². The normalized spacial score (nSPS) is 13.5. The van der Waals surface area contributed by atoms with Crippen LogP contribution in [0.2, 0.25) is 10.0 Å². The Morgan fingerprint density at radius 1 is 1.04 bits per heavy atom. The van der Waals surface area contributed by atoms with E-state index in [2.05, 4.69) is 42.0 Å². The highest BCUT2D eigenvalue weighted by atomic mass is 35.5. The number of carboxylic acids is 1. The number of methoxy groups -OCH3 is 1. The first-order chi connectivity index (χ1) is 36.4. The monoisotopic (exact) mass is 1230 g/mol. The molecule has 3 aromatic carbocycles. The number of aromatic nitrogens is 3. The lowest BCUT2D eigenvalue weighted by Gasteiger charge is -2.31. The van der Waals surface area contributed by atoms with Crippen molar-refractivity contribution in [1.29, 1.82) is 0 Å². The molecule has 0 bridgehead atoms. The van der Waals surface area contributed by atoms with Crippen molar-refractivity contribution >= 4 is 86.5 Å². The molecule has 5 aromatic rings. The van der Waals surface area contributed by atoms with Crippen molar-refractivity contribution in [3.8, 4) is 11.4 Å². The quantitative estimate of drug-likeness (QED) is 0.0338. The zero-order valence-corrected chi connectivity index (χ0v) is 50.8. The molecule has 19 nitrogen and oxygen atoms in total. The molecule has 440 valence electrons. The highest BCUT2D eigenvalue weighted by Crippen LogP contribution is 2.43. The maximum atomic E-state index is 12.8. The first-order valence-electron chi connectivity index (χ1n) is 24.0. The number of carbonyl (C=O) groups excluding carboxylic acids is 2. The number of amides is 1. The third-order valence-electron chi connectivity index (χ3n) is 10.3. The van der Waals surface area contributed by atoms with E-state index in [-0.39, 0.29) is 51.4 Å². The molecule has 1 saturated carbocycles. The number of carbonyl (C=O) groups is 3. The SMILES string of the molecule is CC(C)Oc1cc(-n2nc(C(C)(C)C)oc2=O)c(Cl)cc1Cl.CCc1cccc(C)c1N(C(=O)CCl)C(C)COC.CS(=O)(=O)c1cc(C(F)(F)F)ccc1C(=O)c1cnoc1C1CC1.C[S+](C)C.O=C(O)CNCP(=O)([O-])O. The van der Waals surface area contributed by atoms with Gasteiger partial charge in [0.2, 0.25) is 11.8 Å². The lowest BCUT2D eigenvalue weighted by molar-refractivity contribution is -0.193. The molecular formula is C51H68Cl3F3N5O14PS2. The number of benzene rings is 3. The average Bonchev–Trinajstić information content (AvgIpc) is 3.90. The molecule has 1 aliphatic rings. The van der Waals surface area contributed by atoms with Gasteiger partial charge in [-0.25, -0.2) is 13.2 Å². The van der Waals surface area contributed by atoms with E-state index in [9.17, 15) is 50.2 Å². The molecule has 1 amide bonds. The van der Waals surface area contributed by atoms with E-state index in [1.54, 1.807) is 18.1 Å². The maximum Gasteiger partial charge on any atom is 0.442 e. The maximum absolute atomic E-state index is 12.8. The van der Waals surface area contributed by atoms with Crippen molar-refractivity contribution in [3.63, 3.8) is 0 Å². The van der Waals surface area contributed by atoms with Crippen LogP contribution in [0.3, 0.4) is 0 Å². The molecule has 0 spiro atoms. The Bertz CT molecular complexity index is 3060. The van der Waals surface area contributed by atoms with E-state index < -0.39 is 64.4 Å². The molecule has 2 unspecified atom stereocenters. The van der Waals surface area contributed by atoms with Gasteiger partial charge in [-0.15, -0.1) is 16.7 Å². The third kappa shape index (κ3) is 23.0. The third-order valence-corrected chi connectivity index (χ3v) is 12.9. The molecule has 1 fully saturated rings. The Morgan fingerprint density at radius 3 is 2.11 bits per heavy atom. The van der Waals surface area contributed by atoms with Gasteiger partial charge in [0.05, 0.1) is 94.0 Å². The number of nitrogens with zero attached hydrogens (tertiary/aromatic N) is 4. The molecule has 2 heterocycles. The summed E-state index contributed by atoms with van der Waals surface area (Å²) in [4.78, 5) is 65.8. The molecule has 0 aliphatic heterocycles. The lowest BCUT2D eigenvalue weighted by Crippen LogP contribution is -2.43. The van der Waals surface area contributed by atoms with E-state index in [1.165, 1.54) is 12.3 Å². The summed E-state index contributed by atoms with van der Waals surface area (Å²) in [5.74, 6) is -1.45. The summed E-state index contributed by atoms with van der Waals surface area (Å²) in [7, 11) is -6.11. The Hall–Kier alpha value is -4.75. The van der Waals surface area contributed by atoms with Crippen LogP contribution in [0.5, 0.6) is 5.75 Å². The van der Waals surface area contributed by atoms with Gasteiger partial charge in [-0.1, -0.05) is 74.3 Å². The zero-order chi connectivity index (χ0) is 60.5. The number of carboxylic acid groups (broad SMARTS) is 1. The van der Waals surface area contributed by atoms with Gasteiger partial charge in [0.25, 0.3) is 0 Å². The number of aliphatic carboxylic acids is 1. The molecule has 2 aromatic heterocycles. The van der Waals surface area contributed by atoms with Crippen LogP contribution in [0.1, 0.15) is 111 Å². The number of rotatable bonds is 17. The number of halogens is 6. The van der Waals surface area contributed by atoms with Gasteiger partial charge in [-0.3, -0.25) is 19.7 Å². The fraction of sp³-hybridized carbons (Fsp3) is 0.490. The first kappa shape index (κ1) is 70.4. The number of alkyl halides is 4. The molecule has 28 heteroatoms. The van der Waals surface area contributed by atoms with Gasteiger partial charge in [-0.2, -0.15) is 17.9 Å². The summed E-state index contributed by atoms with van der Waals surface area (Å²) >= 11 is 18.1. The largest absolute Gasteiger partial charge is 0.778 e. The summed E-state index contributed by atoms with van der Waals surface area (Å²) in [5, 5.41) is 18.4. The number of aryl methyl sites for hydroxylation is 2. The van der Waals surface area contributed by atoms with Crippen LogP contribution in [-0.4, -0.2) is 121 Å². The van der Waals surface area contributed by atoms with Crippen LogP contribution < -0.4 is 25.6 Å². The fourth-order valence-electron chi connectivity index (χ4n) is 6.78. The second-order valence-electron chi connectivity index (χ2n) is 19.4. The minimum atomic E-state index is -4.71. The second-order valence-corrected chi connectivity index (χ2v) is 26.5. The lowest BCUT2D eigenvalue weighted by atomic mass is 9.97. The van der Waals surface area contributed by atoms with Gasteiger partial charge in [0.15, 0.2) is 21.4 Å². The highest BCUT2D eigenvalue weighted by Gasteiger charge is 2.36. The van der Waals surface area contributed by atoms with Crippen molar-refractivity contribution in [1.82, 2.24) is 20.3 Å². The Morgan fingerprint density at radius 2 is 1.65 bits per heavy atom. The highest BCUT2D eigenvalue weighted by molar-refractivity contribution is 7.94. The minimum absolute atomic E-state index is 0.0223. The molecule has 1 aliphatic carbocycles. The van der Waals surface area contributed by atoms with Crippen LogP contribution in [0.15, 0.2) is 73.4 Å². The average molecular weight is 1230 g/mol. The van der Waals surface area contributed by atoms with E-state index >= 15 is 0 Å². The molecule has 2 atom stereocenters. The number of nitrogens with one attached hydrogen (secondary N) is 1. The van der Waals surface area contributed by atoms with Gasteiger partial charge in [-0.05, 0) is 93.2 Å². The van der Waals surface area contributed by atoms with Gasteiger partial charge < -0.3 is 42.8 Å². The van der Waals surface area contributed by atoms with Gasteiger partial charge in [0, 0.05) is 36.3 Å². The predicted molar refractivity (Wildman–Crippen MR) is 299 cm³/mol. The van der Waals surface area contributed by atoms with E-state index in [4.69, 9.17) is 63.2 Å². The summed E-state index contributed by atoms with van der Waals surface area (Å²) in [6.45, 7) is 15.5. The van der Waals surface area contributed by atoms with Crippen molar-refractivity contribution in [2.75, 3.05) is 62.4 Å². The number of sulfone groups is 1. The van der Waals surface area contributed by atoms with E-state index in [1.807, 2.05) is 65.9 Å². The van der Waals surface area contributed by atoms with Crippen molar-refractivity contribution in [2.45, 2.75) is 109 Å². The standard InChI is InChI=1S/C15H18Cl2N2O3.C15H22ClNO2.C15H12F3NO4S.C3H8NO5P.C3H9S/c1-8(2)21-12-7-11(9(16)6-10(12)17)19-14(20)22-13(18-19)15(3,4)5;1-5-13-8-6-7-11(2)15(13)17(14(18)9-16)12(3)10-19-4;1-24(21,22)12-6-9(15(16,17)18)4-5-10(12)13(20)11-7-19-23-14(11)8-2-3-8;5-3(6)1-4-2-10(7,8)9;1-4(2)3/h6-8H,1-5H3;6-8,12H,5,9-10H2,1-4H3;4-8H,2-3H2,1H3;4H,1-2H2,(H,5,6)(H2,7,8,9);1-3H3/q;;;;+1/p-1. The number of ether oxygens (including phenoxy) is 2. The Kier molecular flexibility index (Phi) is 27.5. The van der Waals surface area contributed by atoms with Crippen LogP contribution in [0.4, 0.5) is 18.9 Å². The first-order valence-corrected chi connectivity index (χ1v) is 31.4. The molecule has 79 heavy (non-hydrogen) atoms. The molecule has 3 N–H and O–H groups in total.